The smallest absolute Gasteiger partial charge is 0.187 e. The summed E-state index contributed by atoms with van der Waals surface area (Å²) in [6.45, 7) is 0. The molecule has 0 aliphatic carbocycles. The maximum Gasteiger partial charge on any atom is 0.187 e. The third kappa shape index (κ3) is 4.07. The van der Waals surface area contributed by atoms with Crippen LogP contribution in [0.5, 0.6) is 0 Å². The number of benzene rings is 2. The summed E-state index contributed by atoms with van der Waals surface area (Å²) in [5.74, 6) is -0.0461. The number of hydrogen-bond donors (Lipinski definition) is 1. The van der Waals surface area contributed by atoms with Crippen LogP contribution >= 0.6 is 15.9 Å². The van der Waals surface area contributed by atoms with E-state index in [4.69, 9.17) is 5.73 Å². The number of rotatable bonds is 5. The second kappa shape index (κ2) is 7.06. The molecule has 0 heterocycles. The molecule has 0 saturated heterocycles. The summed E-state index contributed by atoms with van der Waals surface area (Å²) in [6.07, 6.45) is 3.00. The zero-order chi connectivity index (χ0) is 14.4. The van der Waals surface area contributed by atoms with Crippen molar-refractivity contribution in [1.29, 1.82) is 0 Å². The molecular weight excluding hydrogens is 314 g/mol. The van der Waals surface area contributed by atoms with Gasteiger partial charge in [-0.05, 0) is 24.5 Å². The molecule has 0 bridgehead atoms. The topological polar surface area (TPSA) is 43.1 Å². The van der Waals surface area contributed by atoms with Crippen LogP contribution in [-0.4, -0.2) is 5.78 Å². The van der Waals surface area contributed by atoms with Gasteiger partial charge >= 0.3 is 0 Å². The van der Waals surface area contributed by atoms with Crippen molar-refractivity contribution in [3.05, 3.63) is 82.0 Å². The summed E-state index contributed by atoms with van der Waals surface area (Å²) in [7, 11) is 0. The predicted molar refractivity (Wildman–Crippen MR) is 85.5 cm³/mol. The van der Waals surface area contributed by atoms with Crippen molar-refractivity contribution in [2.24, 2.45) is 5.73 Å². The highest BCUT2D eigenvalue weighted by molar-refractivity contribution is 9.10. The summed E-state index contributed by atoms with van der Waals surface area (Å²) >= 11 is 3.51. The van der Waals surface area contributed by atoms with Crippen LogP contribution in [0.3, 0.4) is 0 Å². The summed E-state index contributed by atoms with van der Waals surface area (Å²) in [6, 6.07) is 17.2. The number of carbonyl (C=O) groups excluding carboxylic acids is 1. The fourth-order valence-electron chi connectivity index (χ4n) is 1.91. The van der Waals surface area contributed by atoms with Crippen LogP contribution in [-0.2, 0) is 6.42 Å². The van der Waals surface area contributed by atoms with E-state index in [2.05, 4.69) is 22.0 Å². The zero-order valence-corrected chi connectivity index (χ0v) is 12.6. The lowest BCUT2D eigenvalue weighted by Crippen LogP contribution is -2.04. The van der Waals surface area contributed by atoms with Crippen molar-refractivity contribution in [3.63, 3.8) is 0 Å². The highest BCUT2D eigenvalue weighted by atomic mass is 79.9. The van der Waals surface area contributed by atoms with E-state index in [-0.39, 0.29) is 5.78 Å². The maximum atomic E-state index is 12.0. The normalized spacial score (nSPS) is 11.3. The predicted octanol–water partition coefficient (Wildman–Crippen LogP) is 4.11. The third-order valence-corrected chi connectivity index (χ3v) is 3.79. The minimum atomic E-state index is -0.0461. The largest absolute Gasteiger partial charge is 0.402 e. The molecule has 3 heteroatoms. The molecule has 0 fully saturated rings. The first-order chi connectivity index (χ1) is 9.66. The number of ketones is 1. The Morgan fingerprint density at radius 3 is 2.40 bits per heavy atom. The van der Waals surface area contributed by atoms with Gasteiger partial charge in [-0.3, -0.25) is 4.79 Å². The zero-order valence-electron chi connectivity index (χ0n) is 11.1. The van der Waals surface area contributed by atoms with E-state index in [1.54, 1.807) is 12.1 Å². The monoisotopic (exact) mass is 329 g/mol. The van der Waals surface area contributed by atoms with Crippen LogP contribution < -0.4 is 5.73 Å². The maximum absolute atomic E-state index is 12.0. The molecule has 0 unspecified atom stereocenters. The Kier molecular flexibility index (Phi) is 5.13. The Balaban J connectivity index is 1.98. The van der Waals surface area contributed by atoms with Gasteiger partial charge in [0.2, 0.25) is 0 Å². The van der Waals surface area contributed by atoms with Crippen molar-refractivity contribution in [2.45, 2.75) is 12.8 Å². The first-order valence-corrected chi connectivity index (χ1v) is 7.25. The number of nitrogens with two attached hydrogens (primary N) is 1. The van der Waals surface area contributed by atoms with Gasteiger partial charge in [0.15, 0.2) is 5.78 Å². The van der Waals surface area contributed by atoms with Crippen molar-refractivity contribution in [3.8, 4) is 0 Å². The molecule has 0 aliphatic rings. The first-order valence-electron chi connectivity index (χ1n) is 6.45. The van der Waals surface area contributed by atoms with E-state index in [9.17, 15) is 4.79 Å². The van der Waals surface area contributed by atoms with E-state index >= 15 is 0 Å². The Bertz CT molecular complexity index is 620. The summed E-state index contributed by atoms with van der Waals surface area (Å²) in [5.41, 5.74) is 8.39. The van der Waals surface area contributed by atoms with Crippen LogP contribution in [0.1, 0.15) is 22.3 Å². The Morgan fingerprint density at radius 2 is 1.70 bits per heavy atom. The molecule has 2 nitrogen and oxygen atoms in total. The summed E-state index contributed by atoms with van der Waals surface area (Å²) < 4.78 is 1.07. The highest BCUT2D eigenvalue weighted by Crippen LogP contribution is 2.18. The van der Waals surface area contributed by atoms with Crippen LogP contribution in [0.4, 0.5) is 0 Å². The quantitative estimate of drug-likeness (QED) is 0.662. The molecule has 0 aromatic heterocycles. The van der Waals surface area contributed by atoms with Gasteiger partial charge in [-0.1, -0.05) is 64.5 Å². The molecule has 0 spiro atoms. The summed E-state index contributed by atoms with van der Waals surface area (Å²) in [4.78, 5) is 12.0. The van der Waals surface area contributed by atoms with E-state index in [0.717, 1.165) is 10.9 Å². The van der Waals surface area contributed by atoms with E-state index in [1.165, 1.54) is 11.6 Å². The highest BCUT2D eigenvalue weighted by Gasteiger charge is 2.04. The minimum absolute atomic E-state index is 0.0461. The molecular formula is C17H16BrNO. The lowest BCUT2D eigenvalue weighted by molar-refractivity contribution is 0.104. The Morgan fingerprint density at radius 1 is 1.05 bits per heavy atom. The Labute approximate surface area is 127 Å². The second-order valence-corrected chi connectivity index (χ2v) is 5.40. The average Bonchev–Trinajstić information content (AvgIpc) is 2.47. The minimum Gasteiger partial charge on any atom is -0.402 e. The second-order valence-electron chi connectivity index (χ2n) is 4.54. The van der Waals surface area contributed by atoms with Gasteiger partial charge in [0.25, 0.3) is 0 Å². The molecule has 0 atom stereocenters. The molecule has 102 valence electrons. The van der Waals surface area contributed by atoms with E-state index in [0.29, 0.717) is 17.7 Å². The van der Waals surface area contributed by atoms with Crippen molar-refractivity contribution < 1.29 is 4.79 Å². The third-order valence-electron chi connectivity index (χ3n) is 3.02. The van der Waals surface area contributed by atoms with Gasteiger partial charge in [0.05, 0.1) is 0 Å². The van der Waals surface area contributed by atoms with Gasteiger partial charge in [-0.2, -0.15) is 0 Å². The van der Waals surface area contributed by atoms with Crippen LogP contribution in [0, 0.1) is 0 Å². The van der Waals surface area contributed by atoms with E-state index < -0.39 is 0 Å². The molecule has 2 rings (SSSR count). The Hall–Kier alpha value is -1.87. The lowest BCUT2D eigenvalue weighted by atomic mass is 10.1. The van der Waals surface area contributed by atoms with Crippen LogP contribution in [0.2, 0.25) is 0 Å². The number of aryl methyl sites for hydroxylation is 1. The SMILES string of the molecule is N/C(=C\C(=O)c1ccccc1)CCc1ccccc1Br. The standard InChI is InChI=1S/C17H16BrNO/c18-16-9-5-4-6-13(16)10-11-15(19)12-17(20)14-7-2-1-3-8-14/h1-9,12H,10-11,19H2/b15-12-. The van der Waals surface area contributed by atoms with Gasteiger partial charge in [0.1, 0.15) is 0 Å². The number of allylic oxidation sites excluding steroid dienone is 2. The fraction of sp³-hybridized carbons (Fsp3) is 0.118. The van der Waals surface area contributed by atoms with Crippen LogP contribution in [0.15, 0.2) is 70.8 Å². The van der Waals surface area contributed by atoms with Gasteiger partial charge < -0.3 is 5.73 Å². The van der Waals surface area contributed by atoms with Crippen molar-refractivity contribution in [1.82, 2.24) is 0 Å². The molecule has 0 aliphatic heterocycles. The molecule has 2 N–H and O–H groups in total. The van der Waals surface area contributed by atoms with Crippen molar-refractivity contribution >= 4 is 21.7 Å². The van der Waals surface area contributed by atoms with Crippen LogP contribution in [0.25, 0.3) is 0 Å². The first kappa shape index (κ1) is 14.5. The molecule has 0 amide bonds. The van der Waals surface area contributed by atoms with E-state index in [1.807, 2.05) is 36.4 Å². The number of carbonyl (C=O) groups is 1. The average molecular weight is 330 g/mol. The molecule has 0 saturated carbocycles. The van der Waals surface area contributed by atoms with Gasteiger partial charge in [0, 0.05) is 21.8 Å². The molecule has 2 aromatic rings. The number of hydrogen-bond acceptors (Lipinski definition) is 2. The molecule has 2 aromatic carbocycles. The molecule has 20 heavy (non-hydrogen) atoms. The van der Waals surface area contributed by atoms with Gasteiger partial charge in [-0.25, -0.2) is 0 Å². The molecule has 0 radical (unpaired) electrons. The summed E-state index contributed by atoms with van der Waals surface area (Å²) in [5, 5.41) is 0. The van der Waals surface area contributed by atoms with Gasteiger partial charge in [-0.15, -0.1) is 0 Å². The lowest BCUT2D eigenvalue weighted by Gasteiger charge is -2.04. The number of halogens is 1. The van der Waals surface area contributed by atoms with Crippen molar-refractivity contribution in [2.75, 3.05) is 0 Å². The fourth-order valence-corrected chi connectivity index (χ4v) is 2.39.